The molecule has 1 unspecified atom stereocenters. The molecule has 1 rings (SSSR count). The fourth-order valence-electron chi connectivity index (χ4n) is 1.61. The normalized spacial score (nSPS) is 12.2. The number of nitrogens with one attached hydrogen (secondary N) is 1. The minimum Gasteiger partial charge on any atom is -0.481 e. The SMILES string of the molecule is CCC(C)NC(=O)CCn1c(C)cnc1SCC(=O)O. The predicted molar refractivity (Wildman–Crippen MR) is 77.8 cm³/mol. The van der Waals surface area contributed by atoms with Gasteiger partial charge in [-0.2, -0.15) is 0 Å². The number of hydrogen-bond donors (Lipinski definition) is 2. The molecule has 0 saturated carbocycles. The highest BCUT2D eigenvalue weighted by molar-refractivity contribution is 7.99. The van der Waals surface area contributed by atoms with Crippen molar-refractivity contribution in [2.45, 2.75) is 51.4 Å². The van der Waals surface area contributed by atoms with Crippen LogP contribution in [-0.2, 0) is 16.1 Å². The smallest absolute Gasteiger partial charge is 0.313 e. The Kier molecular flexibility index (Phi) is 6.57. The molecule has 1 aromatic heterocycles. The van der Waals surface area contributed by atoms with Crippen molar-refractivity contribution in [3.05, 3.63) is 11.9 Å². The van der Waals surface area contributed by atoms with E-state index in [1.165, 1.54) is 11.8 Å². The maximum atomic E-state index is 11.8. The van der Waals surface area contributed by atoms with E-state index < -0.39 is 5.97 Å². The summed E-state index contributed by atoms with van der Waals surface area (Å²) < 4.78 is 1.88. The number of aromatic nitrogens is 2. The highest BCUT2D eigenvalue weighted by Gasteiger charge is 2.12. The second kappa shape index (κ2) is 7.94. The summed E-state index contributed by atoms with van der Waals surface area (Å²) in [6.07, 6.45) is 2.95. The molecule has 0 aliphatic carbocycles. The van der Waals surface area contributed by atoms with Crippen LogP contribution in [0, 0.1) is 6.92 Å². The summed E-state index contributed by atoms with van der Waals surface area (Å²) in [6.45, 7) is 6.39. The maximum absolute atomic E-state index is 11.8. The molecule has 0 aromatic carbocycles. The average molecular weight is 299 g/mol. The molecule has 6 nitrogen and oxygen atoms in total. The van der Waals surface area contributed by atoms with Gasteiger partial charge in [-0.3, -0.25) is 9.59 Å². The van der Waals surface area contributed by atoms with Crippen LogP contribution in [-0.4, -0.2) is 38.3 Å². The van der Waals surface area contributed by atoms with E-state index >= 15 is 0 Å². The highest BCUT2D eigenvalue weighted by atomic mass is 32.2. The lowest BCUT2D eigenvalue weighted by Gasteiger charge is -2.13. The lowest BCUT2D eigenvalue weighted by molar-refractivity contribution is -0.134. The Morgan fingerprint density at radius 1 is 1.55 bits per heavy atom. The number of aryl methyl sites for hydroxylation is 1. The summed E-state index contributed by atoms with van der Waals surface area (Å²) in [4.78, 5) is 26.5. The number of carbonyl (C=O) groups is 2. The third-order valence-corrected chi connectivity index (χ3v) is 3.90. The van der Waals surface area contributed by atoms with Gasteiger partial charge in [-0.25, -0.2) is 4.98 Å². The van der Waals surface area contributed by atoms with Crippen LogP contribution in [0.2, 0.25) is 0 Å². The molecular formula is C13H21N3O3S. The van der Waals surface area contributed by atoms with Gasteiger partial charge in [0.2, 0.25) is 5.91 Å². The fourth-order valence-corrected chi connectivity index (χ4v) is 2.39. The molecule has 0 saturated heterocycles. The third kappa shape index (κ3) is 5.24. The molecule has 20 heavy (non-hydrogen) atoms. The Bertz CT molecular complexity index is 473. The first-order valence-corrected chi connectivity index (χ1v) is 7.58. The zero-order valence-corrected chi connectivity index (χ0v) is 12.9. The van der Waals surface area contributed by atoms with Crippen molar-refractivity contribution in [1.82, 2.24) is 14.9 Å². The Morgan fingerprint density at radius 2 is 2.25 bits per heavy atom. The van der Waals surface area contributed by atoms with E-state index in [0.29, 0.717) is 18.1 Å². The van der Waals surface area contributed by atoms with Gasteiger partial charge in [-0.15, -0.1) is 0 Å². The van der Waals surface area contributed by atoms with Crippen LogP contribution in [0.4, 0.5) is 0 Å². The predicted octanol–water partition coefficient (Wildman–Crippen LogP) is 1.67. The number of thioether (sulfide) groups is 1. The van der Waals surface area contributed by atoms with E-state index in [0.717, 1.165) is 12.1 Å². The molecule has 0 spiro atoms. The number of carbonyl (C=O) groups excluding carboxylic acids is 1. The van der Waals surface area contributed by atoms with E-state index in [1.807, 2.05) is 25.3 Å². The molecule has 112 valence electrons. The summed E-state index contributed by atoms with van der Waals surface area (Å²) in [6, 6.07) is 0.173. The molecule has 1 amide bonds. The van der Waals surface area contributed by atoms with Gasteiger partial charge < -0.3 is 15.0 Å². The molecule has 1 aromatic rings. The Labute approximate surface area is 123 Å². The lowest BCUT2D eigenvalue weighted by atomic mass is 10.2. The van der Waals surface area contributed by atoms with Crippen molar-refractivity contribution in [3.8, 4) is 0 Å². The van der Waals surface area contributed by atoms with Crippen molar-refractivity contribution in [3.63, 3.8) is 0 Å². The molecule has 7 heteroatoms. The van der Waals surface area contributed by atoms with Gasteiger partial charge in [-0.1, -0.05) is 18.7 Å². The van der Waals surface area contributed by atoms with E-state index in [9.17, 15) is 9.59 Å². The van der Waals surface area contributed by atoms with Crippen molar-refractivity contribution >= 4 is 23.6 Å². The average Bonchev–Trinajstić information content (AvgIpc) is 2.74. The van der Waals surface area contributed by atoms with E-state index in [1.54, 1.807) is 6.20 Å². The Morgan fingerprint density at radius 3 is 2.85 bits per heavy atom. The fraction of sp³-hybridized carbons (Fsp3) is 0.615. The largest absolute Gasteiger partial charge is 0.481 e. The molecule has 0 fully saturated rings. The number of nitrogens with zero attached hydrogens (tertiary/aromatic N) is 2. The van der Waals surface area contributed by atoms with Crippen molar-refractivity contribution in [1.29, 1.82) is 0 Å². The monoisotopic (exact) mass is 299 g/mol. The van der Waals surface area contributed by atoms with E-state index in [4.69, 9.17) is 5.11 Å². The Hall–Kier alpha value is -1.50. The number of rotatable bonds is 8. The van der Waals surface area contributed by atoms with Gasteiger partial charge in [0.05, 0.1) is 5.75 Å². The van der Waals surface area contributed by atoms with Crippen molar-refractivity contribution in [2.24, 2.45) is 0 Å². The molecule has 0 aliphatic heterocycles. The minimum atomic E-state index is -0.878. The number of imidazole rings is 1. The van der Waals surface area contributed by atoms with Gasteiger partial charge in [0.1, 0.15) is 0 Å². The lowest BCUT2D eigenvalue weighted by Crippen LogP contribution is -2.32. The highest BCUT2D eigenvalue weighted by Crippen LogP contribution is 2.18. The zero-order valence-electron chi connectivity index (χ0n) is 12.0. The van der Waals surface area contributed by atoms with Crippen molar-refractivity contribution < 1.29 is 14.7 Å². The van der Waals surface area contributed by atoms with Crippen molar-refractivity contribution in [2.75, 3.05) is 5.75 Å². The number of hydrogen-bond acceptors (Lipinski definition) is 4. The zero-order chi connectivity index (χ0) is 15.1. The molecule has 1 atom stereocenters. The molecule has 1 heterocycles. The summed E-state index contributed by atoms with van der Waals surface area (Å²) >= 11 is 1.17. The number of aliphatic carboxylic acids is 1. The molecule has 0 bridgehead atoms. The molecular weight excluding hydrogens is 278 g/mol. The second-order valence-electron chi connectivity index (χ2n) is 4.64. The number of amides is 1. The van der Waals surface area contributed by atoms with Gasteiger partial charge in [0, 0.05) is 30.9 Å². The summed E-state index contributed by atoms with van der Waals surface area (Å²) in [7, 11) is 0. The maximum Gasteiger partial charge on any atom is 0.313 e. The Balaban J connectivity index is 2.56. The van der Waals surface area contributed by atoms with Crippen LogP contribution >= 0.6 is 11.8 Å². The topological polar surface area (TPSA) is 84.2 Å². The van der Waals surface area contributed by atoms with Gasteiger partial charge in [-0.05, 0) is 20.3 Å². The van der Waals surface area contributed by atoms with Gasteiger partial charge in [0.15, 0.2) is 5.16 Å². The molecule has 2 N–H and O–H groups in total. The van der Waals surface area contributed by atoms with Crippen LogP contribution in [0.3, 0.4) is 0 Å². The van der Waals surface area contributed by atoms with Crippen LogP contribution in [0.25, 0.3) is 0 Å². The summed E-state index contributed by atoms with van der Waals surface area (Å²) in [5, 5.41) is 12.2. The first-order valence-electron chi connectivity index (χ1n) is 6.60. The summed E-state index contributed by atoms with van der Waals surface area (Å²) in [5.74, 6) is -0.909. The second-order valence-corrected chi connectivity index (χ2v) is 5.59. The number of carboxylic acids is 1. The van der Waals surface area contributed by atoms with Crippen LogP contribution in [0.15, 0.2) is 11.4 Å². The summed E-state index contributed by atoms with van der Waals surface area (Å²) in [5.41, 5.74) is 0.925. The van der Waals surface area contributed by atoms with E-state index in [-0.39, 0.29) is 17.7 Å². The number of carboxylic acid groups (broad SMARTS) is 1. The van der Waals surface area contributed by atoms with E-state index in [2.05, 4.69) is 10.3 Å². The first-order chi connectivity index (χ1) is 9.43. The first kappa shape index (κ1) is 16.6. The standard InChI is InChI=1S/C13H21N3O3S/c1-4-9(2)15-11(17)5-6-16-10(3)7-14-13(16)20-8-12(18)19/h7,9H,4-6,8H2,1-3H3,(H,15,17)(H,18,19). The third-order valence-electron chi connectivity index (χ3n) is 2.93. The molecule has 0 radical (unpaired) electrons. The van der Waals surface area contributed by atoms with Gasteiger partial charge >= 0.3 is 5.97 Å². The van der Waals surface area contributed by atoms with Crippen LogP contribution < -0.4 is 5.32 Å². The minimum absolute atomic E-state index is 0.00151. The molecule has 0 aliphatic rings. The quantitative estimate of drug-likeness (QED) is 0.713. The van der Waals surface area contributed by atoms with Crippen LogP contribution in [0.1, 0.15) is 32.4 Å². The van der Waals surface area contributed by atoms with Gasteiger partial charge in [0.25, 0.3) is 0 Å². The van der Waals surface area contributed by atoms with Crippen LogP contribution in [0.5, 0.6) is 0 Å².